The first-order valence-electron chi connectivity index (χ1n) is 9.61. The smallest absolute Gasteiger partial charge is 0.410 e. The van der Waals surface area contributed by atoms with Crippen LogP contribution < -0.4 is 11.1 Å². The average molecular weight is 389 g/mol. The van der Waals surface area contributed by atoms with Gasteiger partial charge in [0.25, 0.3) is 0 Å². The molecule has 7 heteroatoms. The number of ether oxygens (including phenoxy) is 1. The summed E-state index contributed by atoms with van der Waals surface area (Å²) >= 11 is 0. The Bertz CT molecular complexity index is 767. The van der Waals surface area contributed by atoms with Gasteiger partial charge in [-0.05, 0) is 57.7 Å². The number of nitrogens with one attached hydrogen (secondary N) is 1. The lowest BCUT2D eigenvalue weighted by Crippen LogP contribution is -2.46. The van der Waals surface area contributed by atoms with Crippen LogP contribution in [0.5, 0.6) is 0 Å². The van der Waals surface area contributed by atoms with Crippen LogP contribution in [0.15, 0.2) is 18.2 Å². The molecule has 1 fully saturated rings. The van der Waals surface area contributed by atoms with Crippen molar-refractivity contribution in [3.63, 3.8) is 0 Å². The quantitative estimate of drug-likeness (QED) is 0.825. The second kappa shape index (κ2) is 8.20. The SMILES string of the molecule is Cc1ccc(NC(=O)[C@@H]2CCN(C(=O)OC(C)(C)C)[C@H]2C(C)C)cc1C(N)=O. The standard InChI is InChI=1S/C21H31N3O4/c1-12(2)17-15(9-10-24(17)20(27)28-21(4,5)6)19(26)23-14-8-7-13(3)16(11-14)18(22)25/h7-8,11-12,15,17H,9-10H2,1-6H3,(H2,22,25)(H,23,26)/t15-,17+/m1/s1. The largest absolute Gasteiger partial charge is 0.444 e. The van der Waals surface area contributed by atoms with E-state index in [-0.39, 0.29) is 23.8 Å². The molecule has 28 heavy (non-hydrogen) atoms. The van der Waals surface area contributed by atoms with E-state index < -0.39 is 17.6 Å². The molecule has 2 atom stereocenters. The van der Waals surface area contributed by atoms with Crippen LogP contribution in [0.25, 0.3) is 0 Å². The molecule has 0 spiro atoms. The van der Waals surface area contributed by atoms with Crippen molar-refractivity contribution >= 4 is 23.6 Å². The lowest BCUT2D eigenvalue weighted by Gasteiger charge is -2.32. The zero-order valence-electron chi connectivity index (χ0n) is 17.5. The van der Waals surface area contributed by atoms with Crippen molar-refractivity contribution < 1.29 is 19.1 Å². The van der Waals surface area contributed by atoms with E-state index in [1.54, 1.807) is 30.0 Å². The van der Waals surface area contributed by atoms with Crippen molar-refractivity contribution in [2.45, 2.75) is 59.6 Å². The molecule has 0 aromatic heterocycles. The van der Waals surface area contributed by atoms with Gasteiger partial charge < -0.3 is 20.7 Å². The maximum Gasteiger partial charge on any atom is 0.410 e. The van der Waals surface area contributed by atoms with Gasteiger partial charge in [0, 0.05) is 23.8 Å². The molecule has 1 aliphatic heterocycles. The number of carbonyl (C=O) groups excluding carboxylic acids is 3. The predicted octanol–water partition coefficient (Wildman–Crippen LogP) is 3.31. The summed E-state index contributed by atoms with van der Waals surface area (Å²) < 4.78 is 5.51. The summed E-state index contributed by atoms with van der Waals surface area (Å²) in [6.45, 7) is 11.7. The van der Waals surface area contributed by atoms with Crippen molar-refractivity contribution in [2.24, 2.45) is 17.6 Å². The van der Waals surface area contributed by atoms with Gasteiger partial charge in [-0.15, -0.1) is 0 Å². The van der Waals surface area contributed by atoms with Crippen LogP contribution >= 0.6 is 0 Å². The molecule has 3 amide bonds. The summed E-state index contributed by atoms with van der Waals surface area (Å²) in [6, 6.07) is 4.82. The number of primary amides is 1. The Morgan fingerprint density at radius 1 is 1.25 bits per heavy atom. The van der Waals surface area contributed by atoms with Crippen LogP contribution in [0.1, 0.15) is 57.0 Å². The van der Waals surface area contributed by atoms with Crippen LogP contribution in [0.3, 0.4) is 0 Å². The molecule has 0 radical (unpaired) electrons. The number of rotatable bonds is 4. The summed E-state index contributed by atoms with van der Waals surface area (Å²) in [4.78, 5) is 38.7. The van der Waals surface area contributed by atoms with Gasteiger partial charge in [0.2, 0.25) is 11.8 Å². The number of aryl methyl sites for hydroxylation is 1. The Hall–Kier alpha value is -2.57. The van der Waals surface area contributed by atoms with Gasteiger partial charge in [0.1, 0.15) is 5.60 Å². The minimum atomic E-state index is -0.591. The highest BCUT2D eigenvalue weighted by atomic mass is 16.6. The fourth-order valence-electron chi connectivity index (χ4n) is 3.66. The summed E-state index contributed by atoms with van der Waals surface area (Å²) in [6.07, 6.45) is 0.162. The zero-order valence-corrected chi connectivity index (χ0v) is 17.5. The van der Waals surface area contributed by atoms with Gasteiger partial charge in [0.05, 0.1) is 5.92 Å². The van der Waals surface area contributed by atoms with Crippen molar-refractivity contribution in [2.75, 3.05) is 11.9 Å². The van der Waals surface area contributed by atoms with E-state index in [0.717, 1.165) is 5.56 Å². The van der Waals surface area contributed by atoms with E-state index in [1.165, 1.54) is 0 Å². The number of hydrogen-bond donors (Lipinski definition) is 2. The second-order valence-corrected chi connectivity index (χ2v) is 8.69. The number of anilines is 1. The molecule has 2 rings (SSSR count). The van der Waals surface area contributed by atoms with Gasteiger partial charge in [-0.2, -0.15) is 0 Å². The summed E-state index contributed by atoms with van der Waals surface area (Å²) in [5.74, 6) is -0.981. The first-order chi connectivity index (χ1) is 12.9. The summed E-state index contributed by atoms with van der Waals surface area (Å²) in [5, 5.41) is 2.87. The number of amides is 3. The Morgan fingerprint density at radius 3 is 2.43 bits per heavy atom. The fourth-order valence-corrected chi connectivity index (χ4v) is 3.66. The maximum absolute atomic E-state index is 12.9. The molecule has 1 aliphatic rings. The summed E-state index contributed by atoms with van der Waals surface area (Å²) in [7, 11) is 0. The van der Waals surface area contributed by atoms with E-state index in [0.29, 0.717) is 24.2 Å². The highest BCUT2D eigenvalue weighted by molar-refractivity contribution is 5.98. The predicted molar refractivity (Wildman–Crippen MR) is 108 cm³/mol. The molecule has 1 saturated heterocycles. The number of carbonyl (C=O) groups is 3. The average Bonchev–Trinajstić information content (AvgIpc) is 3.00. The Labute approximate surface area is 166 Å². The van der Waals surface area contributed by atoms with Crippen LogP contribution in [0.4, 0.5) is 10.5 Å². The lowest BCUT2D eigenvalue weighted by molar-refractivity contribution is -0.120. The molecule has 1 aromatic carbocycles. The van der Waals surface area contributed by atoms with E-state index in [9.17, 15) is 14.4 Å². The topological polar surface area (TPSA) is 102 Å². The molecule has 7 nitrogen and oxygen atoms in total. The van der Waals surface area contributed by atoms with Gasteiger partial charge in [-0.3, -0.25) is 9.59 Å². The van der Waals surface area contributed by atoms with Crippen molar-refractivity contribution in [1.82, 2.24) is 4.90 Å². The zero-order chi connectivity index (χ0) is 21.2. The minimum absolute atomic E-state index is 0.0879. The fraction of sp³-hybridized carbons (Fsp3) is 0.571. The molecular formula is C21H31N3O4. The van der Waals surface area contributed by atoms with Gasteiger partial charge >= 0.3 is 6.09 Å². The Balaban J connectivity index is 2.18. The molecule has 3 N–H and O–H groups in total. The molecular weight excluding hydrogens is 358 g/mol. The van der Waals surface area contributed by atoms with E-state index in [4.69, 9.17) is 10.5 Å². The van der Waals surface area contributed by atoms with Gasteiger partial charge in [-0.1, -0.05) is 19.9 Å². The Kier molecular flexibility index (Phi) is 6.37. The van der Waals surface area contributed by atoms with E-state index >= 15 is 0 Å². The van der Waals surface area contributed by atoms with Crippen molar-refractivity contribution in [3.8, 4) is 0 Å². The minimum Gasteiger partial charge on any atom is -0.444 e. The number of likely N-dealkylation sites (tertiary alicyclic amines) is 1. The summed E-state index contributed by atoms with van der Waals surface area (Å²) in [5.41, 5.74) is 6.44. The Morgan fingerprint density at radius 2 is 1.89 bits per heavy atom. The van der Waals surface area contributed by atoms with Crippen LogP contribution in [0.2, 0.25) is 0 Å². The van der Waals surface area contributed by atoms with Crippen molar-refractivity contribution in [1.29, 1.82) is 0 Å². The molecule has 0 unspecified atom stereocenters. The number of nitrogens with zero attached hydrogens (tertiary/aromatic N) is 1. The van der Waals surface area contributed by atoms with Crippen LogP contribution in [-0.4, -0.2) is 41.0 Å². The van der Waals surface area contributed by atoms with Crippen molar-refractivity contribution in [3.05, 3.63) is 29.3 Å². The second-order valence-electron chi connectivity index (χ2n) is 8.69. The normalized spacial score (nSPS) is 19.6. The molecule has 0 bridgehead atoms. The van der Waals surface area contributed by atoms with Gasteiger partial charge in [-0.25, -0.2) is 4.79 Å². The lowest BCUT2D eigenvalue weighted by atomic mass is 9.90. The molecule has 1 aromatic rings. The molecule has 0 saturated carbocycles. The van der Waals surface area contributed by atoms with Crippen LogP contribution in [0, 0.1) is 18.8 Å². The van der Waals surface area contributed by atoms with E-state index in [1.807, 2.05) is 34.6 Å². The monoisotopic (exact) mass is 389 g/mol. The third-order valence-corrected chi connectivity index (χ3v) is 4.87. The highest BCUT2D eigenvalue weighted by Gasteiger charge is 2.44. The first kappa shape index (κ1) is 21.7. The van der Waals surface area contributed by atoms with Gasteiger partial charge in [0.15, 0.2) is 0 Å². The highest BCUT2D eigenvalue weighted by Crippen LogP contribution is 2.32. The molecule has 1 heterocycles. The third kappa shape index (κ3) is 5.03. The molecule has 154 valence electrons. The molecule has 0 aliphatic carbocycles. The maximum atomic E-state index is 12.9. The number of nitrogens with two attached hydrogens (primary N) is 1. The number of hydrogen-bond acceptors (Lipinski definition) is 4. The number of benzene rings is 1. The third-order valence-electron chi connectivity index (χ3n) is 4.87. The van der Waals surface area contributed by atoms with Crippen LogP contribution in [-0.2, 0) is 9.53 Å². The first-order valence-corrected chi connectivity index (χ1v) is 9.61. The van der Waals surface area contributed by atoms with E-state index in [2.05, 4.69) is 5.32 Å².